The van der Waals surface area contributed by atoms with Crippen molar-refractivity contribution in [2.45, 2.75) is 32.9 Å². The van der Waals surface area contributed by atoms with Gasteiger partial charge in [0.05, 0.1) is 6.42 Å². The number of benzene rings is 3. The van der Waals surface area contributed by atoms with Crippen molar-refractivity contribution in [1.82, 2.24) is 16.0 Å². The molecule has 0 saturated carbocycles. The predicted molar refractivity (Wildman–Crippen MR) is 132 cm³/mol. The molecule has 0 heterocycles. The molecule has 35 heavy (non-hydrogen) atoms. The Hall–Kier alpha value is -4.20. The molecule has 1 atom stereocenters. The molecule has 1 unspecified atom stereocenters. The maximum atomic E-state index is 12.7. The van der Waals surface area contributed by atoms with E-state index < -0.39 is 30.6 Å². The van der Waals surface area contributed by atoms with Crippen LogP contribution < -0.4 is 16.0 Å². The van der Waals surface area contributed by atoms with Crippen LogP contribution in [0.4, 0.5) is 4.79 Å². The van der Waals surface area contributed by atoms with Gasteiger partial charge in [0, 0.05) is 6.54 Å². The van der Waals surface area contributed by atoms with Crippen LogP contribution in [0, 0.1) is 5.92 Å². The Morgan fingerprint density at radius 2 is 1.51 bits per heavy atom. The van der Waals surface area contributed by atoms with E-state index in [0.717, 1.165) is 21.9 Å². The van der Waals surface area contributed by atoms with Crippen molar-refractivity contribution in [2.75, 3.05) is 6.61 Å². The molecule has 3 N–H and O–H groups in total. The van der Waals surface area contributed by atoms with Crippen LogP contribution in [0.3, 0.4) is 0 Å². The number of fused-ring (bicyclic) bond motifs is 1. The van der Waals surface area contributed by atoms with Gasteiger partial charge in [-0.15, -0.1) is 0 Å². The predicted octanol–water partition coefficient (Wildman–Crippen LogP) is 3.09. The number of carbonyl (C=O) groups is 4. The third kappa shape index (κ3) is 7.67. The number of hydrogen-bond donors (Lipinski definition) is 3. The number of nitrogens with one attached hydrogen (secondary N) is 3. The van der Waals surface area contributed by atoms with Gasteiger partial charge in [-0.05, 0) is 27.8 Å². The van der Waals surface area contributed by atoms with Crippen LogP contribution in [-0.4, -0.2) is 36.5 Å². The van der Waals surface area contributed by atoms with Crippen LogP contribution in [0.1, 0.15) is 25.0 Å². The number of esters is 1. The molecule has 8 heteroatoms. The molecule has 182 valence electrons. The monoisotopic (exact) mass is 475 g/mol. The summed E-state index contributed by atoms with van der Waals surface area (Å²) in [4.78, 5) is 49.2. The zero-order valence-corrected chi connectivity index (χ0v) is 19.7. The third-order valence-corrected chi connectivity index (χ3v) is 5.36. The summed E-state index contributed by atoms with van der Waals surface area (Å²) in [6.45, 7) is 3.14. The van der Waals surface area contributed by atoms with Gasteiger partial charge in [0.15, 0.2) is 6.61 Å². The molecule has 0 spiro atoms. The number of ether oxygens (including phenoxy) is 1. The molecule has 0 aromatic heterocycles. The zero-order chi connectivity index (χ0) is 25.2. The van der Waals surface area contributed by atoms with Crippen LogP contribution in [0.5, 0.6) is 0 Å². The Morgan fingerprint density at radius 3 is 2.26 bits per heavy atom. The van der Waals surface area contributed by atoms with Crippen molar-refractivity contribution >= 4 is 34.6 Å². The number of amides is 4. The molecule has 3 rings (SSSR count). The lowest BCUT2D eigenvalue weighted by molar-refractivity contribution is -0.152. The summed E-state index contributed by atoms with van der Waals surface area (Å²) in [7, 11) is 0. The Labute approximate surface area is 204 Å². The summed E-state index contributed by atoms with van der Waals surface area (Å²) in [5.74, 6) is -2.11. The lowest BCUT2D eigenvalue weighted by atomic mass is 10.0. The van der Waals surface area contributed by atoms with E-state index in [4.69, 9.17) is 4.74 Å². The van der Waals surface area contributed by atoms with Crippen molar-refractivity contribution in [2.24, 2.45) is 5.92 Å². The highest BCUT2D eigenvalue weighted by Crippen LogP contribution is 2.19. The summed E-state index contributed by atoms with van der Waals surface area (Å²) in [6.07, 6.45) is 0.0971. The minimum absolute atomic E-state index is 0.0971. The van der Waals surface area contributed by atoms with Gasteiger partial charge in [-0.2, -0.15) is 0 Å². The first kappa shape index (κ1) is 25.4. The average Bonchev–Trinajstić information content (AvgIpc) is 2.85. The van der Waals surface area contributed by atoms with Gasteiger partial charge in [-0.25, -0.2) is 9.59 Å². The molecule has 0 saturated heterocycles. The summed E-state index contributed by atoms with van der Waals surface area (Å²) in [6, 6.07) is 21.1. The van der Waals surface area contributed by atoms with Crippen LogP contribution >= 0.6 is 0 Å². The Morgan fingerprint density at radius 1 is 0.829 bits per heavy atom. The fraction of sp³-hybridized carbons (Fsp3) is 0.259. The first-order valence-corrected chi connectivity index (χ1v) is 11.4. The third-order valence-electron chi connectivity index (χ3n) is 5.36. The normalized spacial score (nSPS) is 11.5. The minimum atomic E-state index is -0.933. The van der Waals surface area contributed by atoms with E-state index in [2.05, 4.69) is 16.0 Å². The van der Waals surface area contributed by atoms with E-state index in [1.54, 1.807) is 13.8 Å². The summed E-state index contributed by atoms with van der Waals surface area (Å²) in [5, 5.41) is 9.36. The van der Waals surface area contributed by atoms with Gasteiger partial charge in [-0.1, -0.05) is 86.6 Å². The molecule has 3 aromatic rings. The quantitative estimate of drug-likeness (QED) is 0.412. The van der Waals surface area contributed by atoms with Crippen molar-refractivity contribution in [3.05, 3.63) is 83.9 Å². The number of rotatable bonds is 9. The molecular weight excluding hydrogens is 446 g/mol. The molecule has 0 fully saturated rings. The zero-order valence-electron chi connectivity index (χ0n) is 19.7. The molecule has 0 aliphatic carbocycles. The number of imide groups is 1. The van der Waals surface area contributed by atoms with E-state index in [-0.39, 0.29) is 24.8 Å². The topological polar surface area (TPSA) is 114 Å². The van der Waals surface area contributed by atoms with Gasteiger partial charge >= 0.3 is 12.0 Å². The van der Waals surface area contributed by atoms with E-state index in [0.29, 0.717) is 0 Å². The first-order chi connectivity index (χ1) is 16.8. The molecular formula is C27H29N3O5. The van der Waals surface area contributed by atoms with E-state index >= 15 is 0 Å². The lowest BCUT2D eigenvalue weighted by Gasteiger charge is -2.21. The minimum Gasteiger partial charge on any atom is -0.454 e. The highest BCUT2D eigenvalue weighted by atomic mass is 16.5. The second-order valence-electron chi connectivity index (χ2n) is 8.43. The smallest absolute Gasteiger partial charge is 0.329 e. The molecule has 0 aliphatic heterocycles. The van der Waals surface area contributed by atoms with E-state index in [1.165, 1.54) is 0 Å². The second kappa shape index (κ2) is 12.3. The number of hydrogen-bond acceptors (Lipinski definition) is 5. The lowest BCUT2D eigenvalue weighted by Crippen LogP contribution is -2.47. The van der Waals surface area contributed by atoms with Crippen molar-refractivity contribution in [1.29, 1.82) is 0 Å². The highest BCUT2D eigenvalue weighted by molar-refractivity contribution is 5.96. The largest absolute Gasteiger partial charge is 0.454 e. The molecule has 3 aromatic carbocycles. The molecule has 0 bridgehead atoms. The second-order valence-corrected chi connectivity index (χ2v) is 8.43. The molecule has 8 nitrogen and oxygen atoms in total. The standard InChI is InChI=1S/C27H29N3O5/c1-18(2)25(29-23(31)15-21-13-8-12-20-11-6-7-14-22(20)21)26(33)35-17-24(32)30-27(34)28-16-19-9-4-3-5-10-19/h3-14,18,25H,15-17H2,1-2H3,(H,29,31)(H2,28,30,32,34). The van der Waals surface area contributed by atoms with Crippen molar-refractivity contribution in [3.8, 4) is 0 Å². The van der Waals surface area contributed by atoms with E-state index in [9.17, 15) is 19.2 Å². The average molecular weight is 476 g/mol. The van der Waals surface area contributed by atoms with Gasteiger partial charge in [0.2, 0.25) is 5.91 Å². The van der Waals surface area contributed by atoms with Gasteiger partial charge in [-0.3, -0.25) is 14.9 Å². The van der Waals surface area contributed by atoms with Crippen molar-refractivity contribution < 1.29 is 23.9 Å². The summed E-state index contributed by atoms with van der Waals surface area (Å²) < 4.78 is 5.07. The Bertz CT molecular complexity index is 1190. The SMILES string of the molecule is CC(C)C(NC(=O)Cc1cccc2ccccc12)C(=O)OCC(=O)NC(=O)NCc1ccccc1. The first-order valence-electron chi connectivity index (χ1n) is 11.4. The van der Waals surface area contributed by atoms with Crippen molar-refractivity contribution in [3.63, 3.8) is 0 Å². The van der Waals surface area contributed by atoms with Crippen LogP contribution in [0.2, 0.25) is 0 Å². The molecule has 0 radical (unpaired) electrons. The van der Waals surface area contributed by atoms with Crippen LogP contribution in [0.25, 0.3) is 10.8 Å². The van der Waals surface area contributed by atoms with E-state index in [1.807, 2.05) is 72.8 Å². The summed E-state index contributed by atoms with van der Waals surface area (Å²) in [5.41, 5.74) is 1.72. The van der Waals surface area contributed by atoms with Crippen LogP contribution in [0.15, 0.2) is 72.8 Å². The maximum absolute atomic E-state index is 12.7. The maximum Gasteiger partial charge on any atom is 0.329 e. The highest BCUT2D eigenvalue weighted by Gasteiger charge is 2.26. The van der Waals surface area contributed by atoms with Crippen LogP contribution in [-0.2, 0) is 32.1 Å². The van der Waals surface area contributed by atoms with Gasteiger partial charge in [0.1, 0.15) is 6.04 Å². The number of carbonyl (C=O) groups excluding carboxylic acids is 4. The Kier molecular flexibility index (Phi) is 8.95. The fourth-order valence-corrected chi connectivity index (χ4v) is 3.55. The number of urea groups is 1. The van der Waals surface area contributed by atoms with Gasteiger partial charge in [0.25, 0.3) is 5.91 Å². The summed E-state index contributed by atoms with van der Waals surface area (Å²) >= 11 is 0. The molecule has 4 amide bonds. The van der Waals surface area contributed by atoms with Gasteiger partial charge < -0.3 is 15.4 Å². The fourth-order valence-electron chi connectivity index (χ4n) is 3.55. The molecule has 0 aliphatic rings. The Balaban J connectivity index is 1.48.